The van der Waals surface area contributed by atoms with Crippen LogP contribution in [-0.2, 0) is 28.6 Å². The lowest BCUT2D eigenvalue weighted by Gasteiger charge is -2.59. The van der Waals surface area contributed by atoms with Crippen molar-refractivity contribution >= 4 is 17.5 Å². The van der Waals surface area contributed by atoms with Gasteiger partial charge < -0.3 is 19.3 Å². The number of hydrogen-bond acceptors (Lipinski definition) is 7. The minimum Gasteiger partial charge on any atom is -0.457 e. The molecule has 6 rings (SSSR count). The Hall–Kier alpha value is -1.83. The smallest absolute Gasteiger partial charge is 0.308 e. The molecule has 1 heterocycles. The van der Waals surface area contributed by atoms with Crippen LogP contribution in [0.1, 0.15) is 89.6 Å². The van der Waals surface area contributed by atoms with Crippen LogP contribution < -0.4 is 0 Å². The van der Waals surface area contributed by atoms with E-state index >= 15 is 0 Å². The summed E-state index contributed by atoms with van der Waals surface area (Å²) in [5.74, 6) is -2.70. The Kier molecular flexibility index (Phi) is 5.88. The lowest BCUT2D eigenvalue weighted by Crippen LogP contribution is -2.63. The van der Waals surface area contributed by atoms with Gasteiger partial charge in [0.25, 0.3) is 0 Å². The minimum absolute atomic E-state index is 0.184. The molecule has 0 radical (unpaired) electrons. The zero-order valence-corrected chi connectivity index (χ0v) is 23.5. The quantitative estimate of drug-likeness (QED) is 0.396. The van der Waals surface area contributed by atoms with Crippen LogP contribution in [0.5, 0.6) is 0 Å². The second kappa shape index (κ2) is 9.63. The zero-order valence-electron chi connectivity index (χ0n) is 26.5. The Balaban J connectivity index is 1.41. The topological polar surface area (TPSA) is 99.1 Å². The van der Waals surface area contributed by atoms with Gasteiger partial charge in [-0.1, -0.05) is 64.7 Å². The Bertz CT molecular complexity index is 1240. The summed E-state index contributed by atoms with van der Waals surface area (Å²) in [6.07, 6.45) is 4.04. The molecule has 0 aromatic heterocycles. The Morgan fingerprint density at radius 1 is 1.28 bits per heavy atom. The van der Waals surface area contributed by atoms with Gasteiger partial charge in [-0.2, -0.15) is 0 Å². The summed E-state index contributed by atoms with van der Waals surface area (Å²) >= 11 is 0. The van der Waals surface area contributed by atoms with Gasteiger partial charge in [0.1, 0.15) is 0 Å². The highest BCUT2D eigenvalue weighted by molar-refractivity contribution is 5.94. The van der Waals surface area contributed by atoms with E-state index in [-0.39, 0.29) is 48.3 Å². The van der Waals surface area contributed by atoms with Crippen molar-refractivity contribution in [2.75, 3.05) is 6.61 Å². The fourth-order valence-electron chi connectivity index (χ4n) is 9.03. The van der Waals surface area contributed by atoms with Gasteiger partial charge in [-0.05, 0) is 50.0 Å². The number of Topliss-reactive ketones (excluding diaryl/α,β-unsaturated/α-hetero) is 1. The number of carbonyl (C=O) groups excluding carboxylic acids is 3. The molecular formula is C32H44O7. The molecule has 5 aliphatic carbocycles. The van der Waals surface area contributed by atoms with Crippen LogP contribution in [-0.4, -0.2) is 53.3 Å². The molecule has 1 N–H and O–H groups in total. The van der Waals surface area contributed by atoms with Crippen molar-refractivity contribution in [3.8, 4) is 0 Å². The van der Waals surface area contributed by atoms with Crippen LogP contribution in [0.3, 0.4) is 0 Å². The van der Waals surface area contributed by atoms with Gasteiger partial charge in [0.05, 0.1) is 20.9 Å². The first kappa shape index (κ1) is 23.8. The van der Waals surface area contributed by atoms with Crippen LogP contribution in [0.15, 0.2) is 23.8 Å². The van der Waals surface area contributed by atoms with Gasteiger partial charge in [-0.3, -0.25) is 14.4 Å². The third kappa shape index (κ3) is 3.97. The molecule has 3 saturated carbocycles. The average Bonchev–Trinajstić information content (AvgIpc) is 3.37. The molecule has 0 amide bonds. The summed E-state index contributed by atoms with van der Waals surface area (Å²) in [7, 11) is 0. The van der Waals surface area contributed by atoms with E-state index in [1.165, 1.54) is 6.08 Å². The van der Waals surface area contributed by atoms with Crippen molar-refractivity contribution in [2.24, 2.45) is 40.4 Å². The monoisotopic (exact) mass is 543 g/mol. The molecule has 10 atom stereocenters. The number of ether oxygens (including phenoxy) is 3. The SMILES string of the molecule is [2H]C1=C2C([2H])C(=O)C=C[C@]2(C)[C@@H]2[C@@H](C1)[C@@H]1C[C@H]3O[C@]([2H])(C4CCCCC4)O[C@@]3(C(=O)COC(=O)C(C)C)[C@@]1(C)C[C@@H]2O. The van der Waals surface area contributed by atoms with E-state index in [2.05, 4.69) is 0 Å². The van der Waals surface area contributed by atoms with Crippen LogP contribution >= 0.6 is 0 Å². The standard InChI is InChI=1S/C32H44O7/c1-18(2)28(36)37-17-25(35)32-26(38-29(39-32)19-8-6-5-7-9-19)15-23-22-11-10-20-14-21(33)12-13-30(20,3)27(22)24(34)16-31(23,32)4/h10,12-13,18-19,22-24,26-27,29,34H,5-9,11,14-17H2,1-4H3/t22-,23-,24-,26+,27+,29-,30-,31-,32+/m0/s1/i10D,14D,29D/t14?,22-,23-,24-,26+,27+,29-,30-,31-,32+. The molecular weight excluding hydrogens is 496 g/mol. The highest BCUT2D eigenvalue weighted by atomic mass is 16.7. The van der Waals surface area contributed by atoms with Crippen molar-refractivity contribution in [3.63, 3.8) is 0 Å². The van der Waals surface area contributed by atoms with Crippen LogP contribution in [0.25, 0.3) is 0 Å². The molecule has 7 nitrogen and oxygen atoms in total. The van der Waals surface area contributed by atoms with Gasteiger partial charge in [0.15, 0.2) is 24.3 Å². The van der Waals surface area contributed by atoms with Crippen LogP contribution in [0.2, 0.25) is 0 Å². The molecule has 1 aliphatic heterocycles. The first-order valence-corrected chi connectivity index (χ1v) is 14.8. The molecule has 39 heavy (non-hydrogen) atoms. The van der Waals surface area contributed by atoms with Gasteiger partial charge in [0.2, 0.25) is 5.78 Å². The summed E-state index contributed by atoms with van der Waals surface area (Å²) < 4.78 is 45.5. The predicted molar refractivity (Wildman–Crippen MR) is 143 cm³/mol. The van der Waals surface area contributed by atoms with E-state index in [9.17, 15) is 20.9 Å². The molecule has 1 saturated heterocycles. The molecule has 0 bridgehead atoms. The van der Waals surface area contributed by atoms with Crippen molar-refractivity contribution in [1.82, 2.24) is 0 Å². The van der Waals surface area contributed by atoms with Gasteiger partial charge in [0, 0.05) is 30.4 Å². The molecule has 4 fully saturated rings. The van der Waals surface area contributed by atoms with E-state index in [1.54, 1.807) is 19.9 Å². The first-order chi connectivity index (χ1) is 19.7. The van der Waals surface area contributed by atoms with E-state index in [0.29, 0.717) is 12.0 Å². The summed E-state index contributed by atoms with van der Waals surface area (Å²) in [6, 6.07) is 0.245. The number of carbonyl (C=O) groups is 3. The summed E-state index contributed by atoms with van der Waals surface area (Å²) in [4.78, 5) is 39.2. The number of fused-ring (bicyclic) bond motifs is 7. The van der Waals surface area contributed by atoms with Gasteiger partial charge in [-0.15, -0.1) is 0 Å². The third-order valence-electron chi connectivity index (χ3n) is 11.0. The number of aliphatic hydroxyl groups excluding tert-OH is 1. The number of aliphatic hydroxyl groups is 1. The number of hydrogen-bond donors (Lipinski definition) is 1. The molecule has 0 spiro atoms. The highest BCUT2D eigenvalue weighted by Gasteiger charge is 2.76. The van der Waals surface area contributed by atoms with E-state index < -0.39 is 65.6 Å². The number of rotatable bonds is 5. The maximum Gasteiger partial charge on any atom is 0.308 e. The Labute approximate surface area is 235 Å². The Morgan fingerprint density at radius 3 is 2.74 bits per heavy atom. The number of ketones is 2. The molecule has 6 aliphatic rings. The molecule has 1 unspecified atom stereocenters. The maximum absolute atomic E-state index is 14.3. The van der Waals surface area contributed by atoms with Crippen molar-refractivity contribution in [3.05, 3.63) is 23.8 Å². The van der Waals surface area contributed by atoms with Crippen LogP contribution in [0, 0.1) is 40.4 Å². The summed E-state index contributed by atoms with van der Waals surface area (Å²) in [6.45, 7) is 6.75. The second-order valence-corrected chi connectivity index (χ2v) is 13.5. The van der Waals surface area contributed by atoms with E-state index in [1.807, 2.05) is 13.8 Å². The zero-order chi connectivity index (χ0) is 30.4. The largest absolute Gasteiger partial charge is 0.457 e. The molecule has 7 heteroatoms. The second-order valence-electron chi connectivity index (χ2n) is 13.5. The molecule has 0 aromatic rings. The predicted octanol–water partition coefficient (Wildman–Crippen LogP) is 4.70. The fraction of sp³-hybridized carbons (Fsp3) is 0.781. The third-order valence-corrected chi connectivity index (χ3v) is 11.0. The normalized spacial score (nSPS) is 50.4. The summed E-state index contributed by atoms with van der Waals surface area (Å²) in [5.41, 5.74) is -2.94. The maximum atomic E-state index is 14.3. The first-order valence-electron chi connectivity index (χ1n) is 16.4. The molecule has 0 aromatic carbocycles. The highest BCUT2D eigenvalue weighted by Crippen LogP contribution is 2.69. The van der Waals surface area contributed by atoms with Crippen LogP contribution in [0.4, 0.5) is 0 Å². The van der Waals surface area contributed by atoms with Crippen molar-refractivity contribution in [2.45, 2.75) is 110 Å². The average molecular weight is 544 g/mol. The number of allylic oxidation sites excluding steroid dienone is 4. The Morgan fingerprint density at radius 2 is 2.03 bits per heavy atom. The number of esters is 1. The van der Waals surface area contributed by atoms with Crippen molar-refractivity contribution in [1.29, 1.82) is 0 Å². The van der Waals surface area contributed by atoms with Crippen molar-refractivity contribution < 1.29 is 37.8 Å². The fourth-order valence-corrected chi connectivity index (χ4v) is 9.03. The van der Waals surface area contributed by atoms with Gasteiger partial charge in [-0.25, -0.2) is 0 Å². The lowest BCUT2D eigenvalue weighted by atomic mass is 9.47. The summed E-state index contributed by atoms with van der Waals surface area (Å²) in [5, 5.41) is 11.9. The van der Waals surface area contributed by atoms with Gasteiger partial charge >= 0.3 is 5.97 Å². The van der Waals surface area contributed by atoms with E-state index in [4.69, 9.17) is 17.0 Å². The minimum atomic E-state index is -1.71. The lowest BCUT2D eigenvalue weighted by molar-refractivity contribution is -0.208. The van der Waals surface area contributed by atoms with E-state index in [0.717, 1.165) is 32.1 Å². The molecule has 214 valence electrons.